The van der Waals surface area contributed by atoms with Crippen LogP contribution in [0.25, 0.3) is 11.5 Å². The van der Waals surface area contributed by atoms with E-state index in [1.54, 1.807) is 6.26 Å². The van der Waals surface area contributed by atoms with E-state index in [1.807, 2.05) is 45.0 Å². The van der Waals surface area contributed by atoms with E-state index >= 15 is 0 Å². The molecule has 0 aliphatic carbocycles. The minimum atomic E-state index is 0. The van der Waals surface area contributed by atoms with Gasteiger partial charge in [0.25, 0.3) is 0 Å². The summed E-state index contributed by atoms with van der Waals surface area (Å²) < 4.78 is 5.46. The Balaban J connectivity index is 0.00000220. The fraction of sp³-hybridized carbons (Fsp3) is 0.333. The number of benzene rings is 1. The average Bonchev–Trinajstić information content (AvgIpc) is 2.85. The van der Waals surface area contributed by atoms with Crippen LogP contribution in [0.2, 0.25) is 0 Å². The Morgan fingerprint density at radius 2 is 2.00 bits per heavy atom. The highest BCUT2D eigenvalue weighted by atomic mass is 127. The molecule has 3 N–H and O–H groups in total. The van der Waals surface area contributed by atoms with Crippen molar-refractivity contribution in [2.45, 2.75) is 33.4 Å². The van der Waals surface area contributed by atoms with Crippen LogP contribution in [-0.4, -0.2) is 17.0 Å². The summed E-state index contributed by atoms with van der Waals surface area (Å²) in [5, 5.41) is 3.03. The zero-order chi connectivity index (χ0) is 14.5. The molecule has 0 saturated carbocycles. The van der Waals surface area contributed by atoms with Crippen molar-refractivity contribution < 1.29 is 4.42 Å². The Bertz CT molecular complexity index is 590. The molecule has 114 valence electrons. The number of hydrogen-bond donors (Lipinski definition) is 2. The van der Waals surface area contributed by atoms with E-state index in [-0.39, 0.29) is 30.0 Å². The average molecular weight is 400 g/mol. The summed E-state index contributed by atoms with van der Waals surface area (Å²) in [6, 6.07) is 8.30. The fourth-order valence-electron chi connectivity index (χ4n) is 1.72. The second-order valence-corrected chi connectivity index (χ2v) is 5.01. The van der Waals surface area contributed by atoms with E-state index in [0.717, 1.165) is 11.3 Å². The van der Waals surface area contributed by atoms with Gasteiger partial charge in [-0.3, -0.25) is 0 Å². The number of aryl methyl sites for hydroxylation is 1. The van der Waals surface area contributed by atoms with Gasteiger partial charge in [0.05, 0.1) is 6.54 Å². The first-order valence-corrected chi connectivity index (χ1v) is 6.62. The van der Waals surface area contributed by atoms with E-state index in [0.29, 0.717) is 18.4 Å². The van der Waals surface area contributed by atoms with E-state index in [2.05, 4.69) is 15.3 Å². The van der Waals surface area contributed by atoms with Crippen LogP contribution in [0.15, 0.2) is 39.9 Å². The van der Waals surface area contributed by atoms with Gasteiger partial charge in [0.2, 0.25) is 5.89 Å². The van der Waals surface area contributed by atoms with Crippen molar-refractivity contribution in [3.8, 4) is 11.5 Å². The molecular formula is C15H21IN4O. The highest BCUT2D eigenvalue weighted by Gasteiger charge is 2.06. The topological polar surface area (TPSA) is 76.4 Å². The quantitative estimate of drug-likeness (QED) is 0.470. The molecule has 0 amide bonds. The van der Waals surface area contributed by atoms with Gasteiger partial charge in [0.15, 0.2) is 5.96 Å². The zero-order valence-electron chi connectivity index (χ0n) is 12.5. The van der Waals surface area contributed by atoms with Crippen LogP contribution < -0.4 is 11.1 Å². The molecule has 0 bridgehead atoms. The molecule has 1 heterocycles. The van der Waals surface area contributed by atoms with Crippen molar-refractivity contribution in [3.63, 3.8) is 0 Å². The molecule has 1 aromatic carbocycles. The lowest BCUT2D eigenvalue weighted by molar-refractivity contribution is 0.572. The number of aromatic nitrogens is 1. The van der Waals surface area contributed by atoms with Crippen LogP contribution >= 0.6 is 24.0 Å². The summed E-state index contributed by atoms with van der Waals surface area (Å²) in [7, 11) is 0. The summed E-state index contributed by atoms with van der Waals surface area (Å²) in [5.41, 5.74) is 8.66. The molecule has 0 aliphatic heterocycles. The molecule has 5 nitrogen and oxygen atoms in total. The standard InChI is InChI=1S/C15H20N4O.HI/c1-10(2)18-15(16)17-8-13-9-20-14(19-13)12-6-4-11(3)5-7-12;/h4-7,9-10H,8H2,1-3H3,(H3,16,17,18);1H. The lowest BCUT2D eigenvalue weighted by Gasteiger charge is -2.07. The van der Waals surface area contributed by atoms with Gasteiger partial charge in [-0.05, 0) is 32.9 Å². The van der Waals surface area contributed by atoms with Gasteiger partial charge in [-0.25, -0.2) is 9.98 Å². The van der Waals surface area contributed by atoms with Crippen molar-refractivity contribution in [3.05, 3.63) is 41.8 Å². The maximum atomic E-state index is 5.74. The minimum Gasteiger partial charge on any atom is -0.444 e. The highest BCUT2D eigenvalue weighted by Crippen LogP contribution is 2.19. The molecule has 0 aliphatic rings. The lowest BCUT2D eigenvalue weighted by atomic mass is 10.1. The Hall–Kier alpha value is -1.57. The lowest BCUT2D eigenvalue weighted by Crippen LogP contribution is -2.36. The first-order chi connectivity index (χ1) is 9.54. The van der Waals surface area contributed by atoms with Crippen LogP contribution in [0.1, 0.15) is 25.1 Å². The molecule has 0 saturated heterocycles. The van der Waals surface area contributed by atoms with Gasteiger partial charge >= 0.3 is 0 Å². The third kappa shape index (κ3) is 5.37. The molecular weight excluding hydrogens is 379 g/mol. The SMILES string of the molecule is Cc1ccc(-c2nc(CN=C(N)NC(C)C)co2)cc1.I. The van der Waals surface area contributed by atoms with Gasteiger partial charge in [0, 0.05) is 11.6 Å². The first kappa shape index (κ1) is 17.5. The molecule has 21 heavy (non-hydrogen) atoms. The van der Waals surface area contributed by atoms with Gasteiger partial charge in [0.1, 0.15) is 12.0 Å². The minimum absolute atomic E-state index is 0. The number of oxazole rings is 1. The maximum Gasteiger partial charge on any atom is 0.226 e. The number of halogens is 1. The predicted molar refractivity (Wildman–Crippen MR) is 95.7 cm³/mol. The van der Waals surface area contributed by atoms with Crippen molar-refractivity contribution in [2.75, 3.05) is 0 Å². The van der Waals surface area contributed by atoms with Crippen molar-refractivity contribution in [1.82, 2.24) is 10.3 Å². The second-order valence-electron chi connectivity index (χ2n) is 5.01. The molecule has 0 unspecified atom stereocenters. The summed E-state index contributed by atoms with van der Waals surface area (Å²) in [4.78, 5) is 8.62. The summed E-state index contributed by atoms with van der Waals surface area (Å²) in [5.74, 6) is 1.02. The number of guanidine groups is 1. The van der Waals surface area contributed by atoms with Crippen molar-refractivity contribution in [2.24, 2.45) is 10.7 Å². The molecule has 2 rings (SSSR count). The third-order valence-corrected chi connectivity index (χ3v) is 2.70. The molecule has 2 aromatic rings. The predicted octanol–water partition coefficient (Wildman–Crippen LogP) is 3.08. The van der Waals surface area contributed by atoms with Gasteiger partial charge in [-0.2, -0.15) is 0 Å². The summed E-state index contributed by atoms with van der Waals surface area (Å²) >= 11 is 0. The fourth-order valence-corrected chi connectivity index (χ4v) is 1.72. The summed E-state index contributed by atoms with van der Waals surface area (Å²) in [6.45, 7) is 6.47. The molecule has 0 radical (unpaired) electrons. The number of hydrogen-bond acceptors (Lipinski definition) is 3. The zero-order valence-corrected chi connectivity index (χ0v) is 14.8. The normalized spacial score (nSPS) is 11.3. The number of nitrogens with zero attached hydrogens (tertiary/aromatic N) is 2. The van der Waals surface area contributed by atoms with Gasteiger partial charge < -0.3 is 15.5 Å². The number of nitrogens with one attached hydrogen (secondary N) is 1. The van der Waals surface area contributed by atoms with Crippen LogP contribution in [0.4, 0.5) is 0 Å². The van der Waals surface area contributed by atoms with E-state index in [1.165, 1.54) is 5.56 Å². The van der Waals surface area contributed by atoms with Crippen molar-refractivity contribution in [1.29, 1.82) is 0 Å². The molecule has 1 aromatic heterocycles. The highest BCUT2D eigenvalue weighted by molar-refractivity contribution is 14.0. The second kappa shape index (κ2) is 8.02. The number of rotatable bonds is 4. The Morgan fingerprint density at radius 1 is 1.33 bits per heavy atom. The Kier molecular flexibility index (Phi) is 6.67. The summed E-state index contributed by atoms with van der Waals surface area (Å²) in [6.07, 6.45) is 1.61. The smallest absolute Gasteiger partial charge is 0.226 e. The molecule has 0 spiro atoms. The van der Waals surface area contributed by atoms with Crippen LogP contribution in [0.3, 0.4) is 0 Å². The monoisotopic (exact) mass is 400 g/mol. The van der Waals surface area contributed by atoms with E-state index in [9.17, 15) is 0 Å². The van der Waals surface area contributed by atoms with Crippen LogP contribution in [-0.2, 0) is 6.54 Å². The molecule has 0 atom stereocenters. The Labute approximate surface area is 142 Å². The Morgan fingerprint density at radius 3 is 2.62 bits per heavy atom. The maximum absolute atomic E-state index is 5.74. The van der Waals surface area contributed by atoms with E-state index in [4.69, 9.17) is 10.2 Å². The number of nitrogens with two attached hydrogens (primary N) is 1. The van der Waals surface area contributed by atoms with Crippen molar-refractivity contribution >= 4 is 29.9 Å². The van der Waals surface area contributed by atoms with Crippen LogP contribution in [0.5, 0.6) is 0 Å². The third-order valence-electron chi connectivity index (χ3n) is 2.70. The molecule has 0 fully saturated rings. The first-order valence-electron chi connectivity index (χ1n) is 6.62. The largest absolute Gasteiger partial charge is 0.444 e. The van der Waals surface area contributed by atoms with Crippen LogP contribution in [0, 0.1) is 6.92 Å². The molecule has 6 heteroatoms. The number of aliphatic imine (C=N–C) groups is 1. The van der Waals surface area contributed by atoms with Gasteiger partial charge in [-0.1, -0.05) is 17.7 Å². The van der Waals surface area contributed by atoms with Gasteiger partial charge in [-0.15, -0.1) is 24.0 Å². The van der Waals surface area contributed by atoms with E-state index < -0.39 is 0 Å².